The predicted molar refractivity (Wildman–Crippen MR) is 129 cm³/mol. The number of rotatable bonds is 9. The van der Waals surface area contributed by atoms with Gasteiger partial charge < -0.3 is 9.84 Å². The van der Waals surface area contributed by atoms with Gasteiger partial charge in [-0.25, -0.2) is 4.79 Å². The van der Waals surface area contributed by atoms with Gasteiger partial charge in [-0.3, -0.25) is 14.2 Å². The predicted octanol–water partition coefficient (Wildman–Crippen LogP) is 2.32. The van der Waals surface area contributed by atoms with Crippen molar-refractivity contribution < 1.29 is 9.32 Å². The molecule has 10 nitrogen and oxygen atoms in total. The molecule has 0 aliphatic rings. The number of halogens is 1. The SMILES string of the molecule is Cn1c(=O)c(-c2noc(CCC(=O)NCCCc3ccccc3)n2)nn(-c2ccc(Cl)cc2)c1=O. The van der Waals surface area contributed by atoms with Crippen LogP contribution in [0.25, 0.3) is 17.2 Å². The number of aromatic nitrogens is 5. The summed E-state index contributed by atoms with van der Waals surface area (Å²) < 4.78 is 7.18. The minimum absolute atomic E-state index is 0.0633. The first-order valence-corrected chi connectivity index (χ1v) is 11.4. The van der Waals surface area contributed by atoms with Crippen molar-refractivity contribution in [2.45, 2.75) is 25.7 Å². The van der Waals surface area contributed by atoms with Crippen molar-refractivity contribution in [3.8, 4) is 17.2 Å². The van der Waals surface area contributed by atoms with Gasteiger partial charge in [0.1, 0.15) is 0 Å². The summed E-state index contributed by atoms with van der Waals surface area (Å²) >= 11 is 5.91. The van der Waals surface area contributed by atoms with Gasteiger partial charge in [0, 0.05) is 31.5 Å². The van der Waals surface area contributed by atoms with Gasteiger partial charge in [0.25, 0.3) is 5.56 Å². The van der Waals surface area contributed by atoms with Gasteiger partial charge in [0.15, 0.2) is 5.69 Å². The second-order valence-electron chi connectivity index (χ2n) is 7.83. The third-order valence-corrected chi connectivity index (χ3v) is 5.55. The molecule has 1 N–H and O–H groups in total. The van der Waals surface area contributed by atoms with Gasteiger partial charge in [-0.05, 0) is 42.7 Å². The lowest BCUT2D eigenvalue weighted by molar-refractivity contribution is -0.121. The molecule has 35 heavy (non-hydrogen) atoms. The van der Waals surface area contributed by atoms with E-state index < -0.39 is 11.2 Å². The zero-order chi connectivity index (χ0) is 24.8. The number of hydrogen-bond donors (Lipinski definition) is 1. The summed E-state index contributed by atoms with van der Waals surface area (Å²) in [4.78, 5) is 41.5. The molecule has 1 amide bonds. The standard InChI is InChI=1S/C24H23ClN6O4/c1-30-23(33)21(28-31(24(30)34)18-11-9-17(25)10-12-18)22-27-20(35-29-22)14-13-19(32)26-15-5-8-16-6-3-2-4-7-16/h2-4,6-7,9-12H,5,8,13-15H2,1H3,(H,26,32). The first-order chi connectivity index (χ1) is 16.9. The van der Waals surface area contributed by atoms with E-state index in [1.807, 2.05) is 18.2 Å². The van der Waals surface area contributed by atoms with Crippen LogP contribution >= 0.6 is 11.6 Å². The molecule has 0 saturated carbocycles. The van der Waals surface area contributed by atoms with Gasteiger partial charge in [-0.2, -0.15) is 14.8 Å². The van der Waals surface area contributed by atoms with Crippen LogP contribution in [0.4, 0.5) is 0 Å². The summed E-state index contributed by atoms with van der Waals surface area (Å²) in [6.07, 6.45) is 2.07. The Labute approximate surface area is 205 Å². The number of carbonyl (C=O) groups is 1. The van der Waals surface area contributed by atoms with E-state index in [1.165, 1.54) is 12.6 Å². The van der Waals surface area contributed by atoms with E-state index in [9.17, 15) is 14.4 Å². The minimum atomic E-state index is -0.663. The minimum Gasteiger partial charge on any atom is -0.356 e. The molecule has 0 aliphatic carbocycles. The molecular weight excluding hydrogens is 472 g/mol. The van der Waals surface area contributed by atoms with Crippen LogP contribution in [0.1, 0.15) is 24.3 Å². The Balaban J connectivity index is 1.39. The van der Waals surface area contributed by atoms with Crippen LogP contribution in [0.15, 0.2) is 68.7 Å². The third kappa shape index (κ3) is 5.90. The fourth-order valence-corrected chi connectivity index (χ4v) is 3.52. The lowest BCUT2D eigenvalue weighted by Gasteiger charge is -2.07. The van der Waals surface area contributed by atoms with Crippen molar-refractivity contribution in [3.05, 3.63) is 91.9 Å². The van der Waals surface area contributed by atoms with E-state index in [4.69, 9.17) is 16.1 Å². The number of hydrogen-bond acceptors (Lipinski definition) is 7. The van der Waals surface area contributed by atoms with Crippen molar-refractivity contribution in [1.29, 1.82) is 0 Å². The molecule has 0 atom stereocenters. The number of amides is 1. The summed E-state index contributed by atoms with van der Waals surface area (Å²) in [6.45, 7) is 0.564. The molecule has 2 aromatic heterocycles. The van der Waals surface area contributed by atoms with Gasteiger partial charge in [0.2, 0.25) is 17.6 Å². The van der Waals surface area contributed by atoms with Crippen LogP contribution in [0.3, 0.4) is 0 Å². The lowest BCUT2D eigenvalue weighted by Crippen LogP contribution is -2.40. The van der Waals surface area contributed by atoms with E-state index in [1.54, 1.807) is 24.3 Å². The molecule has 2 aromatic carbocycles. The van der Waals surface area contributed by atoms with E-state index in [2.05, 4.69) is 32.7 Å². The number of nitrogens with zero attached hydrogens (tertiary/aromatic N) is 5. The average Bonchev–Trinajstić information content (AvgIpc) is 3.34. The molecule has 4 rings (SSSR count). The molecule has 0 bridgehead atoms. The maximum Gasteiger partial charge on any atom is 0.351 e. The highest BCUT2D eigenvalue weighted by atomic mass is 35.5. The van der Waals surface area contributed by atoms with Crippen LogP contribution in [0.5, 0.6) is 0 Å². The zero-order valence-corrected chi connectivity index (χ0v) is 19.7. The topological polar surface area (TPSA) is 125 Å². The largest absolute Gasteiger partial charge is 0.356 e. The molecule has 4 aromatic rings. The second kappa shape index (κ2) is 10.9. The van der Waals surface area contributed by atoms with Gasteiger partial charge in [0.05, 0.1) is 5.69 Å². The second-order valence-corrected chi connectivity index (χ2v) is 8.27. The third-order valence-electron chi connectivity index (χ3n) is 5.30. The molecule has 0 unspecified atom stereocenters. The number of aryl methyl sites for hydroxylation is 2. The molecular formula is C24H23ClN6O4. The molecule has 0 saturated heterocycles. The maximum atomic E-state index is 12.6. The highest BCUT2D eigenvalue weighted by Gasteiger charge is 2.19. The summed E-state index contributed by atoms with van der Waals surface area (Å²) in [7, 11) is 1.34. The Kier molecular flexibility index (Phi) is 7.51. The van der Waals surface area contributed by atoms with Crippen LogP contribution in [0, 0.1) is 0 Å². The van der Waals surface area contributed by atoms with Crippen molar-refractivity contribution in [1.82, 2.24) is 29.8 Å². The molecule has 0 fully saturated rings. The fourth-order valence-electron chi connectivity index (χ4n) is 3.39. The van der Waals surface area contributed by atoms with Gasteiger partial charge in [-0.15, -0.1) is 0 Å². The Hall–Kier alpha value is -4.05. The van der Waals surface area contributed by atoms with Crippen molar-refractivity contribution in [3.63, 3.8) is 0 Å². The van der Waals surface area contributed by atoms with E-state index in [0.717, 1.165) is 22.1 Å². The van der Waals surface area contributed by atoms with Crippen LogP contribution in [-0.2, 0) is 24.7 Å². The van der Waals surface area contributed by atoms with Gasteiger partial charge >= 0.3 is 5.69 Å². The number of benzene rings is 2. The van der Waals surface area contributed by atoms with E-state index >= 15 is 0 Å². The quantitative estimate of drug-likeness (QED) is 0.354. The van der Waals surface area contributed by atoms with Crippen molar-refractivity contribution >= 4 is 17.5 Å². The average molecular weight is 495 g/mol. The lowest BCUT2D eigenvalue weighted by atomic mass is 10.1. The Morgan fingerprint density at radius 1 is 1.06 bits per heavy atom. The molecule has 0 spiro atoms. The maximum absolute atomic E-state index is 12.6. The summed E-state index contributed by atoms with van der Waals surface area (Å²) in [6, 6.07) is 16.5. The summed E-state index contributed by atoms with van der Waals surface area (Å²) in [5.41, 5.74) is 0.200. The summed E-state index contributed by atoms with van der Waals surface area (Å²) in [5, 5.41) is 11.3. The normalized spacial score (nSPS) is 10.9. The number of carbonyl (C=O) groups excluding carboxylic acids is 1. The highest BCUT2D eigenvalue weighted by Crippen LogP contribution is 2.13. The Bertz CT molecular complexity index is 1430. The van der Waals surface area contributed by atoms with Crippen LogP contribution < -0.4 is 16.6 Å². The highest BCUT2D eigenvalue weighted by molar-refractivity contribution is 6.30. The first kappa shape index (κ1) is 24.1. The zero-order valence-electron chi connectivity index (χ0n) is 19.0. The molecule has 180 valence electrons. The van der Waals surface area contributed by atoms with Crippen LogP contribution in [0.2, 0.25) is 5.02 Å². The van der Waals surface area contributed by atoms with Gasteiger partial charge in [-0.1, -0.05) is 47.1 Å². The van der Waals surface area contributed by atoms with Crippen molar-refractivity contribution in [2.75, 3.05) is 6.54 Å². The molecule has 0 aliphatic heterocycles. The molecule has 0 radical (unpaired) electrons. The number of nitrogens with one attached hydrogen (secondary N) is 1. The first-order valence-electron chi connectivity index (χ1n) is 11.0. The monoisotopic (exact) mass is 494 g/mol. The molecule has 11 heteroatoms. The van der Waals surface area contributed by atoms with Crippen LogP contribution in [-0.4, -0.2) is 36.9 Å². The molecule has 2 heterocycles. The fraction of sp³-hybridized carbons (Fsp3) is 0.250. The smallest absolute Gasteiger partial charge is 0.351 e. The Morgan fingerprint density at radius 2 is 1.80 bits per heavy atom. The van der Waals surface area contributed by atoms with E-state index in [-0.39, 0.29) is 36.2 Å². The van der Waals surface area contributed by atoms with Crippen molar-refractivity contribution in [2.24, 2.45) is 7.05 Å². The summed E-state index contributed by atoms with van der Waals surface area (Å²) in [5.74, 6) is -0.0118. The Morgan fingerprint density at radius 3 is 2.54 bits per heavy atom. The van der Waals surface area contributed by atoms with E-state index in [0.29, 0.717) is 17.3 Å².